The van der Waals surface area contributed by atoms with Crippen LogP contribution in [0.3, 0.4) is 0 Å². The van der Waals surface area contributed by atoms with Crippen molar-refractivity contribution in [3.8, 4) is 22.8 Å². The quantitative estimate of drug-likeness (QED) is 0.301. The van der Waals surface area contributed by atoms with E-state index in [2.05, 4.69) is 10.5 Å². The second-order valence-corrected chi connectivity index (χ2v) is 6.15. The van der Waals surface area contributed by atoms with Crippen LogP contribution in [0.25, 0.3) is 11.3 Å². The van der Waals surface area contributed by atoms with Crippen LogP contribution in [0.15, 0.2) is 64.1 Å². The molecule has 3 aromatic rings. The Morgan fingerprint density at radius 2 is 1.88 bits per heavy atom. The molecule has 3 rings (SSSR count). The fourth-order valence-electron chi connectivity index (χ4n) is 2.64. The summed E-state index contributed by atoms with van der Waals surface area (Å²) in [6.07, 6.45) is 1.24. The van der Waals surface area contributed by atoms with Crippen LogP contribution >= 0.6 is 0 Å². The fraction of sp³-hybridized carbons (Fsp3) is 0.100. The number of carbonyl (C=O) groups is 1. The number of nitro benzene ring substituents is 2. The molecule has 0 spiro atoms. The molecule has 12 heteroatoms. The number of carbonyl (C=O) groups excluding carboxylic acids is 1. The molecule has 0 saturated heterocycles. The van der Waals surface area contributed by atoms with Gasteiger partial charge in [0.25, 0.3) is 11.6 Å². The van der Waals surface area contributed by atoms with Crippen molar-refractivity contribution in [3.05, 3.63) is 80.6 Å². The predicted molar refractivity (Wildman–Crippen MR) is 112 cm³/mol. The molecule has 0 unspecified atom stereocenters. The summed E-state index contributed by atoms with van der Waals surface area (Å²) in [5.41, 5.74) is 2.34. The first-order chi connectivity index (χ1) is 15.4. The number of benzene rings is 2. The summed E-state index contributed by atoms with van der Waals surface area (Å²) < 4.78 is 16.0. The number of amides is 1. The van der Waals surface area contributed by atoms with Gasteiger partial charge in [0.1, 0.15) is 17.3 Å². The highest BCUT2D eigenvalue weighted by Gasteiger charge is 2.16. The lowest BCUT2D eigenvalue weighted by Crippen LogP contribution is -2.24. The topological polar surface area (TPSA) is 159 Å². The maximum absolute atomic E-state index is 11.9. The Hall–Kier alpha value is -4.74. The third-order valence-electron chi connectivity index (χ3n) is 4.09. The number of non-ortho nitro benzene ring substituents is 1. The van der Waals surface area contributed by atoms with Crippen molar-refractivity contribution >= 4 is 23.5 Å². The van der Waals surface area contributed by atoms with Gasteiger partial charge < -0.3 is 13.9 Å². The maximum Gasteiger partial charge on any atom is 0.310 e. The first kappa shape index (κ1) is 22.0. The molecule has 0 aliphatic carbocycles. The summed E-state index contributed by atoms with van der Waals surface area (Å²) >= 11 is 0. The Morgan fingerprint density at radius 1 is 1.09 bits per heavy atom. The highest BCUT2D eigenvalue weighted by atomic mass is 16.6. The Morgan fingerprint density at radius 3 is 2.59 bits per heavy atom. The standard InChI is InChI=1S/C20H16N4O8/c1-30-19-10-13(23(26)27)6-8-15(19)17-9-7-14(32-17)11-21-22-20(25)12-31-18-5-3-2-4-16(18)24(28)29/h2-11H,12H2,1H3,(H,22,25). The Bertz CT molecular complexity index is 1190. The normalized spacial score (nSPS) is 10.7. The lowest BCUT2D eigenvalue weighted by Gasteiger charge is -2.05. The molecule has 2 aromatic carbocycles. The lowest BCUT2D eigenvalue weighted by atomic mass is 10.1. The first-order valence-corrected chi connectivity index (χ1v) is 9.00. The maximum atomic E-state index is 11.9. The summed E-state index contributed by atoms with van der Waals surface area (Å²) in [6, 6.07) is 13.0. The van der Waals surface area contributed by atoms with Crippen LogP contribution in [-0.2, 0) is 4.79 Å². The molecule has 12 nitrogen and oxygen atoms in total. The number of ether oxygens (including phenoxy) is 2. The second kappa shape index (κ2) is 9.84. The van der Waals surface area contributed by atoms with Gasteiger partial charge in [0, 0.05) is 12.1 Å². The van der Waals surface area contributed by atoms with E-state index in [9.17, 15) is 25.0 Å². The molecule has 1 amide bonds. The molecule has 32 heavy (non-hydrogen) atoms. The zero-order valence-electron chi connectivity index (χ0n) is 16.6. The van der Waals surface area contributed by atoms with Gasteiger partial charge in [0.15, 0.2) is 12.4 Å². The SMILES string of the molecule is COc1cc([N+](=O)[O-])ccc1-c1ccc(C=NNC(=O)COc2ccccc2[N+](=O)[O-])o1. The summed E-state index contributed by atoms with van der Waals surface area (Å²) in [5, 5.41) is 25.6. The van der Waals surface area contributed by atoms with Crippen molar-refractivity contribution in [2.75, 3.05) is 13.7 Å². The van der Waals surface area contributed by atoms with Crippen LogP contribution in [0.5, 0.6) is 11.5 Å². The van der Waals surface area contributed by atoms with Crippen LogP contribution in [-0.4, -0.2) is 35.7 Å². The monoisotopic (exact) mass is 440 g/mol. The van der Waals surface area contributed by atoms with E-state index >= 15 is 0 Å². The molecular weight excluding hydrogens is 424 g/mol. The van der Waals surface area contributed by atoms with Gasteiger partial charge in [0.05, 0.1) is 34.8 Å². The van der Waals surface area contributed by atoms with E-state index in [0.717, 1.165) is 0 Å². The number of hydrazone groups is 1. The molecule has 0 saturated carbocycles. The number of hydrogen-bond acceptors (Lipinski definition) is 9. The van der Waals surface area contributed by atoms with Gasteiger partial charge in [-0.2, -0.15) is 5.10 Å². The van der Waals surface area contributed by atoms with Crippen LogP contribution < -0.4 is 14.9 Å². The average molecular weight is 440 g/mol. The molecule has 1 heterocycles. The summed E-state index contributed by atoms with van der Waals surface area (Å²) in [4.78, 5) is 32.6. The molecule has 0 fully saturated rings. The number of rotatable bonds is 9. The number of nitro groups is 2. The van der Waals surface area contributed by atoms with Crippen LogP contribution in [0, 0.1) is 20.2 Å². The summed E-state index contributed by atoms with van der Waals surface area (Å²) in [5.74, 6) is 0.259. The van der Waals surface area contributed by atoms with Crippen LogP contribution in [0.2, 0.25) is 0 Å². The van der Waals surface area contributed by atoms with Gasteiger partial charge in [-0.25, -0.2) is 5.43 Å². The van der Waals surface area contributed by atoms with E-state index in [0.29, 0.717) is 17.1 Å². The van der Waals surface area contributed by atoms with Gasteiger partial charge in [0.2, 0.25) is 0 Å². The molecule has 164 valence electrons. The minimum Gasteiger partial charge on any atom is -0.496 e. The third-order valence-corrected chi connectivity index (χ3v) is 4.09. The van der Waals surface area contributed by atoms with E-state index in [1.54, 1.807) is 18.2 Å². The Kier molecular flexibility index (Phi) is 6.75. The molecule has 1 N–H and O–H groups in total. The number of nitrogens with zero attached hydrogens (tertiary/aromatic N) is 3. The minimum absolute atomic E-state index is 0.0376. The van der Waals surface area contributed by atoms with Gasteiger partial charge in [-0.3, -0.25) is 25.0 Å². The Balaban J connectivity index is 1.60. The molecule has 0 aliphatic heterocycles. The number of hydrogen-bond donors (Lipinski definition) is 1. The van der Waals surface area contributed by atoms with Crippen molar-refractivity contribution in [2.45, 2.75) is 0 Å². The fourth-order valence-corrected chi connectivity index (χ4v) is 2.64. The Labute approximate surface area is 180 Å². The molecule has 0 atom stereocenters. The predicted octanol–water partition coefficient (Wildman–Crippen LogP) is 3.30. The van der Waals surface area contributed by atoms with Gasteiger partial charge in [-0.05, 0) is 24.3 Å². The second-order valence-electron chi connectivity index (χ2n) is 6.15. The van der Waals surface area contributed by atoms with Crippen molar-refractivity contribution in [1.82, 2.24) is 5.43 Å². The number of nitrogens with one attached hydrogen (secondary N) is 1. The van der Waals surface area contributed by atoms with E-state index in [-0.39, 0.29) is 22.9 Å². The van der Waals surface area contributed by atoms with Crippen molar-refractivity contribution in [3.63, 3.8) is 0 Å². The van der Waals surface area contributed by atoms with Gasteiger partial charge in [-0.15, -0.1) is 0 Å². The number of para-hydroxylation sites is 2. The number of furan rings is 1. The molecular formula is C20H16N4O8. The van der Waals surface area contributed by atoms with Gasteiger partial charge >= 0.3 is 5.69 Å². The average Bonchev–Trinajstić information content (AvgIpc) is 3.26. The summed E-state index contributed by atoms with van der Waals surface area (Å²) in [7, 11) is 1.38. The van der Waals surface area contributed by atoms with E-state index < -0.39 is 22.4 Å². The summed E-state index contributed by atoms with van der Waals surface area (Å²) in [6.45, 7) is -0.481. The largest absolute Gasteiger partial charge is 0.496 e. The zero-order chi connectivity index (χ0) is 23.1. The smallest absolute Gasteiger partial charge is 0.310 e. The molecule has 0 aliphatic rings. The van der Waals surface area contributed by atoms with Crippen molar-refractivity contribution < 1.29 is 28.5 Å². The molecule has 0 radical (unpaired) electrons. The third kappa shape index (κ3) is 5.24. The van der Waals surface area contributed by atoms with E-state index in [1.165, 1.54) is 49.7 Å². The number of methoxy groups -OCH3 is 1. The van der Waals surface area contributed by atoms with Crippen molar-refractivity contribution in [1.29, 1.82) is 0 Å². The van der Waals surface area contributed by atoms with E-state index in [4.69, 9.17) is 13.9 Å². The highest BCUT2D eigenvalue weighted by molar-refractivity contribution is 5.82. The molecule has 0 bridgehead atoms. The van der Waals surface area contributed by atoms with E-state index in [1.807, 2.05) is 0 Å². The zero-order valence-corrected chi connectivity index (χ0v) is 16.6. The minimum atomic E-state index is -0.636. The van der Waals surface area contributed by atoms with Crippen LogP contribution in [0.1, 0.15) is 5.76 Å². The molecule has 1 aromatic heterocycles. The van der Waals surface area contributed by atoms with Gasteiger partial charge in [-0.1, -0.05) is 12.1 Å². The van der Waals surface area contributed by atoms with Crippen LogP contribution in [0.4, 0.5) is 11.4 Å². The lowest BCUT2D eigenvalue weighted by molar-refractivity contribution is -0.385. The first-order valence-electron chi connectivity index (χ1n) is 9.00. The van der Waals surface area contributed by atoms with Crippen molar-refractivity contribution in [2.24, 2.45) is 5.10 Å². The highest BCUT2D eigenvalue weighted by Crippen LogP contribution is 2.34.